The standard InChI is InChI=1S/C16H21FN2O2.C8H8N2.C2H6.CH3NO/c1-3-12-6-4-7-13(15(12)17)10-18-16(21)14-8-5-9-19(14)11(2)20;1-6-7-4-2-3-5-8(7)10-9-6;1-2;2-1-3/h4,6-7,14H,3,5,8-10H2,1-2H3,(H,18,21);2-5H,1H3,(H,9,10);1-2H3;1H,(H2,2,3). The van der Waals surface area contributed by atoms with Gasteiger partial charge in [0.1, 0.15) is 11.9 Å². The molecule has 36 heavy (non-hydrogen) atoms. The van der Waals surface area contributed by atoms with Crippen LogP contribution in [-0.2, 0) is 27.3 Å². The van der Waals surface area contributed by atoms with Gasteiger partial charge in [0.15, 0.2) is 0 Å². The summed E-state index contributed by atoms with van der Waals surface area (Å²) < 4.78 is 14.1. The highest BCUT2D eigenvalue weighted by molar-refractivity contribution is 5.87. The van der Waals surface area contributed by atoms with E-state index in [1.165, 1.54) is 12.3 Å². The minimum Gasteiger partial charge on any atom is -0.372 e. The fraction of sp³-hybridized carbons (Fsp3) is 0.407. The number of fused-ring (bicyclic) bond motifs is 1. The van der Waals surface area contributed by atoms with E-state index >= 15 is 0 Å². The predicted octanol–water partition coefficient (Wildman–Crippen LogP) is 4.01. The predicted molar refractivity (Wildman–Crippen MR) is 140 cm³/mol. The van der Waals surface area contributed by atoms with Crippen LogP contribution in [0.4, 0.5) is 4.39 Å². The zero-order chi connectivity index (χ0) is 27.1. The largest absolute Gasteiger partial charge is 0.372 e. The van der Waals surface area contributed by atoms with Crippen molar-refractivity contribution >= 4 is 29.1 Å². The van der Waals surface area contributed by atoms with Gasteiger partial charge in [-0.1, -0.05) is 57.2 Å². The minimum atomic E-state index is -0.417. The number of aryl methyl sites for hydroxylation is 2. The summed E-state index contributed by atoms with van der Waals surface area (Å²) >= 11 is 0. The molecule has 4 N–H and O–H groups in total. The first-order chi connectivity index (χ1) is 17.3. The van der Waals surface area contributed by atoms with Crippen molar-refractivity contribution in [2.75, 3.05) is 6.54 Å². The lowest BCUT2D eigenvalue weighted by atomic mass is 10.1. The number of benzene rings is 2. The van der Waals surface area contributed by atoms with Crippen molar-refractivity contribution in [2.45, 2.75) is 66.5 Å². The molecule has 1 atom stereocenters. The summed E-state index contributed by atoms with van der Waals surface area (Å²) in [4.78, 5) is 33.8. The smallest absolute Gasteiger partial charge is 0.243 e. The van der Waals surface area contributed by atoms with Crippen LogP contribution in [0, 0.1) is 12.7 Å². The molecule has 1 saturated heterocycles. The molecule has 1 unspecified atom stereocenters. The van der Waals surface area contributed by atoms with E-state index in [0.29, 0.717) is 30.5 Å². The van der Waals surface area contributed by atoms with Gasteiger partial charge in [0.05, 0.1) is 5.52 Å². The van der Waals surface area contributed by atoms with E-state index in [2.05, 4.69) is 27.3 Å². The molecule has 1 aliphatic rings. The maximum absolute atomic E-state index is 14.1. The highest BCUT2D eigenvalue weighted by Gasteiger charge is 2.32. The van der Waals surface area contributed by atoms with Crippen LogP contribution >= 0.6 is 0 Å². The molecule has 1 fully saturated rings. The van der Waals surface area contributed by atoms with Crippen molar-refractivity contribution in [1.29, 1.82) is 0 Å². The number of hydrogen-bond acceptors (Lipinski definition) is 4. The van der Waals surface area contributed by atoms with Gasteiger partial charge < -0.3 is 16.0 Å². The summed E-state index contributed by atoms with van der Waals surface area (Å²) in [5.41, 5.74) is 7.47. The van der Waals surface area contributed by atoms with E-state index in [4.69, 9.17) is 4.79 Å². The molecular formula is C27H38FN5O3. The highest BCUT2D eigenvalue weighted by Crippen LogP contribution is 2.18. The molecule has 0 saturated carbocycles. The number of primary amides is 1. The Morgan fingerprint density at radius 2 is 1.83 bits per heavy atom. The molecule has 2 heterocycles. The first-order valence-corrected chi connectivity index (χ1v) is 12.2. The molecular weight excluding hydrogens is 461 g/mol. The third-order valence-corrected chi connectivity index (χ3v) is 5.60. The van der Waals surface area contributed by atoms with Crippen LogP contribution in [-0.4, -0.2) is 45.9 Å². The molecule has 2 aromatic carbocycles. The summed E-state index contributed by atoms with van der Waals surface area (Å²) in [6.07, 6.45) is 2.37. The molecule has 8 nitrogen and oxygen atoms in total. The number of hydrogen-bond donors (Lipinski definition) is 3. The van der Waals surface area contributed by atoms with Gasteiger partial charge in [-0.2, -0.15) is 5.10 Å². The molecule has 9 heteroatoms. The van der Waals surface area contributed by atoms with Crippen molar-refractivity contribution in [3.05, 3.63) is 65.1 Å². The van der Waals surface area contributed by atoms with Gasteiger partial charge in [-0.3, -0.25) is 19.5 Å². The Balaban J connectivity index is 0.000000356. The molecule has 0 radical (unpaired) electrons. The maximum Gasteiger partial charge on any atom is 0.243 e. The van der Waals surface area contributed by atoms with Crippen LogP contribution in [0.5, 0.6) is 0 Å². The second kappa shape index (κ2) is 16.0. The van der Waals surface area contributed by atoms with Gasteiger partial charge in [-0.25, -0.2) is 4.39 Å². The number of carbonyl (C=O) groups excluding carboxylic acids is 3. The van der Waals surface area contributed by atoms with E-state index in [-0.39, 0.29) is 30.6 Å². The van der Waals surface area contributed by atoms with Crippen LogP contribution in [0.15, 0.2) is 42.5 Å². The van der Waals surface area contributed by atoms with Gasteiger partial charge in [-0.15, -0.1) is 0 Å². The third kappa shape index (κ3) is 8.48. The lowest BCUT2D eigenvalue weighted by Crippen LogP contribution is -2.45. The van der Waals surface area contributed by atoms with E-state index < -0.39 is 6.04 Å². The van der Waals surface area contributed by atoms with Crippen molar-refractivity contribution in [2.24, 2.45) is 5.73 Å². The fourth-order valence-corrected chi connectivity index (χ4v) is 3.85. The number of nitrogens with one attached hydrogen (secondary N) is 2. The number of carbonyl (C=O) groups is 3. The van der Waals surface area contributed by atoms with E-state index in [1.807, 2.05) is 45.9 Å². The monoisotopic (exact) mass is 499 g/mol. The Kier molecular flexibility index (Phi) is 13.5. The Hall–Kier alpha value is -3.75. The number of likely N-dealkylation sites (tertiary alicyclic amines) is 1. The Morgan fingerprint density at radius 3 is 2.44 bits per heavy atom. The van der Waals surface area contributed by atoms with Crippen LogP contribution in [0.3, 0.4) is 0 Å². The average Bonchev–Trinajstić information content (AvgIpc) is 3.53. The second-order valence-corrected chi connectivity index (χ2v) is 7.83. The topological polar surface area (TPSA) is 121 Å². The number of aromatic amines is 1. The van der Waals surface area contributed by atoms with Gasteiger partial charge in [-0.05, 0) is 37.8 Å². The first kappa shape index (κ1) is 30.3. The van der Waals surface area contributed by atoms with Gasteiger partial charge in [0, 0.05) is 36.7 Å². The number of H-pyrrole nitrogens is 1. The van der Waals surface area contributed by atoms with Crippen LogP contribution < -0.4 is 11.1 Å². The molecule has 196 valence electrons. The zero-order valence-electron chi connectivity index (χ0n) is 21.8. The summed E-state index contributed by atoms with van der Waals surface area (Å²) in [6, 6.07) is 12.9. The van der Waals surface area contributed by atoms with Gasteiger partial charge in [0.2, 0.25) is 18.2 Å². The molecule has 4 rings (SSSR count). The SMILES string of the molecule is CC.CCc1cccc(CNC(=O)C2CCCN2C(C)=O)c1F.Cc1[nH]nc2ccccc12.NC=O. The molecule has 3 aromatic rings. The molecule has 1 aromatic heterocycles. The number of nitrogens with zero attached hydrogens (tertiary/aromatic N) is 2. The second-order valence-electron chi connectivity index (χ2n) is 7.83. The van der Waals surface area contributed by atoms with Crippen molar-refractivity contribution < 1.29 is 18.8 Å². The molecule has 0 spiro atoms. The van der Waals surface area contributed by atoms with Crippen LogP contribution in [0.25, 0.3) is 10.9 Å². The molecule has 0 aliphatic carbocycles. The number of amides is 3. The molecule has 1 aliphatic heterocycles. The Morgan fingerprint density at radius 1 is 1.19 bits per heavy atom. The molecule has 0 bridgehead atoms. The van der Waals surface area contributed by atoms with E-state index in [0.717, 1.165) is 17.6 Å². The van der Waals surface area contributed by atoms with E-state index in [9.17, 15) is 14.0 Å². The van der Waals surface area contributed by atoms with Crippen molar-refractivity contribution in [1.82, 2.24) is 20.4 Å². The number of halogens is 1. The number of aromatic nitrogens is 2. The number of para-hydroxylation sites is 1. The Bertz CT molecular complexity index is 1120. The quantitative estimate of drug-likeness (QED) is 0.470. The fourth-order valence-electron chi connectivity index (χ4n) is 3.85. The highest BCUT2D eigenvalue weighted by atomic mass is 19.1. The van der Waals surface area contributed by atoms with E-state index in [1.54, 1.807) is 23.1 Å². The number of rotatable bonds is 4. The van der Waals surface area contributed by atoms with Gasteiger partial charge >= 0.3 is 0 Å². The van der Waals surface area contributed by atoms with Crippen LogP contribution in [0.2, 0.25) is 0 Å². The average molecular weight is 500 g/mol. The minimum absolute atomic E-state index is 0.0909. The zero-order valence-corrected chi connectivity index (χ0v) is 21.8. The summed E-state index contributed by atoms with van der Waals surface area (Å²) in [5.74, 6) is -0.550. The van der Waals surface area contributed by atoms with Crippen molar-refractivity contribution in [3.8, 4) is 0 Å². The number of nitrogens with two attached hydrogens (primary N) is 1. The summed E-state index contributed by atoms with van der Waals surface area (Å²) in [6.45, 7) is 10.2. The van der Waals surface area contributed by atoms with Crippen molar-refractivity contribution in [3.63, 3.8) is 0 Å². The maximum atomic E-state index is 14.1. The lowest BCUT2D eigenvalue weighted by Gasteiger charge is -2.22. The van der Waals surface area contributed by atoms with Crippen LogP contribution in [0.1, 0.15) is 57.4 Å². The first-order valence-electron chi connectivity index (χ1n) is 12.2. The third-order valence-electron chi connectivity index (χ3n) is 5.60. The summed E-state index contributed by atoms with van der Waals surface area (Å²) in [5, 5.41) is 11.0. The Labute approximate surface area is 212 Å². The van der Waals surface area contributed by atoms with Gasteiger partial charge in [0.25, 0.3) is 0 Å². The lowest BCUT2D eigenvalue weighted by molar-refractivity contribution is -0.136. The summed E-state index contributed by atoms with van der Waals surface area (Å²) in [7, 11) is 0. The normalized spacial score (nSPS) is 13.8. The molecule has 3 amide bonds.